The minimum atomic E-state index is -0.365. The molecule has 0 spiro atoms. The first-order chi connectivity index (χ1) is 7.86. The fraction of sp³-hybridized carbons (Fsp3) is 0.571. The molecule has 1 heterocycles. The molecule has 17 heavy (non-hydrogen) atoms. The lowest BCUT2D eigenvalue weighted by Gasteiger charge is -2.40. The molecule has 94 valence electrons. The second-order valence-corrected chi connectivity index (χ2v) is 5.42. The van der Waals surface area contributed by atoms with Gasteiger partial charge in [0.25, 0.3) is 0 Å². The predicted octanol–water partition coefficient (Wildman–Crippen LogP) is 2.33. The maximum Gasteiger partial charge on any atom is 0.126 e. The van der Waals surface area contributed by atoms with Crippen LogP contribution in [0.1, 0.15) is 30.5 Å². The maximum atomic E-state index is 9.83. The fourth-order valence-corrected chi connectivity index (χ4v) is 2.38. The van der Waals surface area contributed by atoms with E-state index in [4.69, 9.17) is 4.74 Å². The topological polar surface area (TPSA) is 49.7 Å². The number of hydrogen-bond acceptors (Lipinski definition) is 3. The van der Waals surface area contributed by atoms with Gasteiger partial charge in [-0.3, -0.25) is 0 Å². The maximum absolute atomic E-state index is 9.83. The Kier molecular flexibility index (Phi) is 2.82. The average molecular weight is 236 g/mol. The third kappa shape index (κ3) is 1.89. The number of rotatable bonds is 1. The number of aromatic hydroxyl groups is 1. The van der Waals surface area contributed by atoms with Crippen molar-refractivity contribution in [3.05, 3.63) is 22.8 Å². The van der Waals surface area contributed by atoms with Crippen molar-refractivity contribution in [1.82, 2.24) is 0 Å². The first-order valence-corrected chi connectivity index (χ1v) is 5.98. The highest BCUT2D eigenvalue weighted by atomic mass is 16.5. The van der Waals surface area contributed by atoms with E-state index in [-0.39, 0.29) is 18.1 Å². The van der Waals surface area contributed by atoms with Crippen molar-refractivity contribution < 1.29 is 14.9 Å². The van der Waals surface area contributed by atoms with E-state index in [0.29, 0.717) is 5.75 Å². The molecule has 0 amide bonds. The van der Waals surface area contributed by atoms with Gasteiger partial charge in [0.1, 0.15) is 17.1 Å². The Balaban J connectivity index is 2.53. The first-order valence-electron chi connectivity index (χ1n) is 5.98. The monoisotopic (exact) mass is 236 g/mol. The molecule has 3 heteroatoms. The molecule has 0 fully saturated rings. The predicted molar refractivity (Wildman–Crippen MR) is 66.6 cm³/mol. The number of aliphatic hydroxyl groups excluding tert-OH is 1. The molecule has 0 bridgehead atoms. The van der Waals surface area contributed by atoms with Gasteiger partial charge in [0, 0.05) is 5.92 Å². The van der Waals surface area contributed by atoms with Crippen molar-refractivity contribution in [2.24, 2.45) is 5.92 Å². The standard InChI is InChI=1S/C14H20O3/c1-8-9(2)13-10(6-12(8)16)5-11(7-15)14(3,4)17-13/h6,11,15-16H,5,7H2,1-4H3. The number of fused-ring (bicyclic) bond motifs is 1. The second kappa shape index (κ2) is 3.91. The molecule has 0 aromatic heterocycles. The molecule has 0 aliphatic carbocycles. The molecule has 3 nitrogen and oxygen atoms in total. The molecule has 1 aliphatic heterocycles. The summed E-state index contributed by atoms with van der Waals surface area (Å²) in [4.78, 5) is 0. The number of ether oxygens (including phenoxy) is 1. The molecular formula is C14H20O3. The quantitative estimate of drug-likeness (QED) is 0.786. The van der Waals surface area contributed by atoms with E-state index >= 15 is 0 Å². The molecule has 2 N–H and O–H groups in total. The van der Waals surface area contributed by atoms with Gasteiger partial charge in [-0.1, -0.05) is 0 Å². The first kappa shape index (κ1) is 12.2. The summed E-state index contributed by atoms with van der Waals surface area (Å²) in [5.74, 6) is 1.24. The van der Waals surface area contributed by atoms with Gasteiger partial charge < -0.3 is 14.9 Å². The Morgan fingerprint density at radius 2 is 2.00 bits per heavy atom. The van der Waals surface area contributed by atoms with Crippen LogP contribution in [0.15, 0.2) is 6.07 Å². The summed E-state index contributed by atoms with van der Waals surface area (Å²) in [6.45, 7) is 7.94. The van der Waals surface area contributed by atoms with E-state index in [0.717, 1.165) is 28.9 Å². The van der Waals surface area contributed by atoms with Crippen molar-refractivity contribution in [3.63, 3.8) is 0 Å². The minimum Gasteiger partial charge on any atom is -0.508 e. The van der Waals surface area contributed by atoms with Crippen molar-refractivity contribution in [2.75, 3.05) is 6.61 Å². The smallest absolute Gasteiger partial charge is 0.126 e. The van der Waals surface area contributed by atoms with E-state index in [2.05, 4.69) is 0 Å². The largest absolute Gasteiger partial charge is 0.508 e. The molecule has 0 saturated carbocycles. The van der Waals surface area contributed by atoms with E-state index in [1.807, 2.05) is 27.7 Å². The minimum absolute atomic E-state index is 0.0662. The summed E-state index contributed by atoms with van der Waals surface area (Å²) in [5.41, 5.74) is 2.48. The molecule has 0 saturated heterocycles. The van der Waals surface area contributed by atoms with Crippen LogP contribution in [-0.2, 0) is 6.42 Å². The van der Waals surface area contributed by atoms with Crippen molar-refractivity contribution in [2.45, 2.75) is 39.7 Å². The summed E-state index contributed by atoms with van der Waals surface area (Å²) in [5, 5.41) is 19.2. The Hall–Kier alpha value is -1.22. The normalized spacial score (nSPS) is 21.8. The Bertz CT molecular complexity index is 449. The molecule has 1 aromatic carbocycles. The van der Waals surface area contributed by atoms with Crippen LogP contribution in [0, 0.1) is 19.8 Å². The molecule has 1 aromatic rings. The van der Waals surface area contributed by atoms with Crippen LogP contribution >= 0.6 is 0 Å². The van der Waals surface area contributed by atoms with Gasteiger partial charge >= 0.3 is 0 Å². The molecule has 1 unspecified atom stereocenters. The highest BCUT2D eigenvalue weighted by Gasteiger charge is 2.37. The summed E-state index contributed by atoms with van der Waals surface area (Å²) < 4.78 is 6.02. The van der Waals surface area contributed by atoms with Gasteiger partial charge in [0.2, 0.25) is 0 Å². The summed E-state index contributed by atoms with van der Waals surface area (Å²) in [7, 11) is 0. The molecule has 0 radical (unpaired) electrons. The molecule has 1 atom stereocenters. The highest BCUT2D eigenvalue weighted by molar-refractivity contribution is 5.53. The van der Waals surface area contributed by atoms with Gasteiger partial charge in [-0.15, -0.1) is 0 Å². The Morgan fingerprint density at radius 1 is 1.35 bits per heavy atom. The SMILES string of the molecule is Cc1c(O)cc2c(c1C)OC(C)(C)C(CO)C2. The van der Waals surface area contributed by atoms with Crippen LogP contribution in [0.2, 0.25) is 0 Å². The zero-order chi connectivity index (χ0) is 12.8. The van der Waals surface area contributed by atoms with Gasteiger partial charge in [-0.2, -0.15) is 0 Å². The van der Waals surface area contributed by atoms with Crippen molar-refractivity contribution >= 4 is 0 Å². The number of phenolic OH excluding ortho intramolecular Hbond substituents is 1. The second-order valence-electron chi connectivity index (χ2n) is 5.42. The lowest BCUT2D eigenvalue weighted by molar-refractivity contribution is -0.00135. The summed E-state index contributed by atoms with van der Waals surface area (Å²) >= 11 is 0. The molecule has 1 aliphatic rings. The third-order valence-corrected chi connectivity index (χ3v) is 3.92. The van der Waals surface area contributed by atoms with Gasteiger partial charge in [0.15, 0.2) is 0 Å². The van der Waals surface area contributed by atoms with E-state index in [1.165, 1.54) is 0 Å². The summed E-state index contributed by atoms with van der Waals surface area (Å²) in [6.07, 6.45) is 0.744. The highest BCUT2D eigenvalue weighted by Crippen LogP contribution is 2.42. The van der Waals surface area contributed by atoms with Crippen LogP contribution in [-0.4, -0.2) is 22.4 Å². The number of benzene rings is 1. The van der Waals surface area contributed by atoms with Crippen LogP contribution in [0.3, 0.4) is 0 Å². The number of phenols is 1. The van der Waals surface area contributed by atoms with Crippen LogP contribution in [0.25, 0.3) is 0 Å². The van der Waals surface area contributed by atoms with Crippen LogP contribution < -0.4 is 4.74 Å². The van der Waals surface area contributed by atoms with E-state index in [1.54, 1.807) is 6.07 Å². The van der Waals surface area contributed by atoms with Crippen LogP contribution in [0.5, 0.6) is 11.5 Å². The Labute approximate surface area is 102 Å². The van der Waals surface area contributed by atoms with Crippen molar-refractivity contribution in [1.29, 1.82) is 0 Å². The average Bonchev–Trinajstić information content (AvgIpc) is 2.26. The van der Waals surface area contributed by atoms with E-state index in [9.17, 15) is 10.2 Å². The van der Waals surface area contributed by atoms with E-state index < -0.39 is 0 Å². The third-order valence-electron chi connectivity index (χ3n) is 3.92. The number of aliphatic hydroxyl groups is 1. The van der Waals surface area contributed by atoms with Gasteiger partial charge in [-0.05, 0) is 56.9 Å². The fourth-order valence-electron chi connectivity index (χ4n) is 2.38. The lowest BCUT2D eigenvalue weighted by atomic mass is 9.82. The van der Waals surface area contributed by atoms with Gasteiger partial charge in [0.05, 0.1) is 6.61 Å². The lowest BCUT2D eigenvalue weighted by Crippen LogP contribution is -2.44. The zero-order valence-corrected chi connectivity index (χ0v) is 10.9. The number of hydrogen-bond donors (Lipinski definition) is 2. The summed E-state index contributed by atoms with van der Waals surface area (Å²) in [6, 6.07) is 1.76. The van der Waals surface area contributed by atoms with Gasteiger partial charge in [-0.25, -0.2) is 0 Å². The van der Waals surface area contributed by atoms with Crippen LogP contribution in [0.4, 0.5) is 0 Å². The van der Waals surface area contributed by atoms with Crippen molar-refractivity contribution in [3.8, 4) is 11.5 Å². The Morgan fingerprint density at radius 3 is 2.59 bits per heavy atom. The molecular weight excluding hydrogens is 216 g/mol. The zero-order valence-electron chi connectivity index (χ0n) is 10.9. The molecule has 2 rings (SSSR count).